The fourth-order valence-electron chi connectivity index (χ4n) is 0.810. The second-order valence-corrected chi connectivity index (χ2v) is 4.93. The van der Waals surface area contributed by atoms with Crippen LogP contribution in [0.1, 0.15) is 0 Å². The molecule has 1 aromatic rings. The minimum Gasteiger partial charge on any atom is -0.546 e. The number of carboxylic acid groups (broad SMARTS) is 1. The molecule has 0 atom stereocenters. The normalized spacial score (nSPS) is 10.1. The van der Waals surface area contributed by atoms with Gasteiger partial charge in [0.1, 0.15) is 6.61 Å². The number of hydrogen-bond acceptors (Lipinski definition) is 4. The van der Waals surface area contributed by atoms with Crippen LogP contribution in [0.4, 0.5) is 0 Å². The van der Waals surface area contributed by atoms with Crippen molar-refractivity contribution in [2.24, 2.45) is 0 Å². The maximum atomic E-state index is 10.2. The lowest BCUT2D eigenvalue weighted by Crippen LogP contribution is -2.28. The number of phenols is 1. The standard InChI is InChI=1S/C8H5Br3O4/c9-3-1-4(15-2-5(12)13)8(14)7(11)6(3)10/h1,14H,2H2,(H,12,13)/p-1. The third-order valence-corrected chi connectivity index (χ3v) is 4.73. The van der Waals surface area contributed by atoms with Crippen molar-refractivity contribution in [3.63, 3.8) is 0 Å². The summed E-state index contributed by atoms with van der Waals surface area (Å²) in [6, 6.07) is 1.45. The van der Waals surface area contributed by atoms with Gasteiger partial charge in [-0.2, -0.15) is 0 Å². The fourth-order valence-corrected chi connectivity index (χ4v) is 2.19. The summed E-state index contributed by atoms with van der Waals surface area (Å²) in [7, 11) is 0. The number of carboxylic acids is 1. The van der Waals surface area contributed by atoms with Gasteiger partial charge in [-0.05, 0) is 53.9 Å². The quantitative estimate of drug-likeness (QED) is 0.781. The minimum absolute atomic E-state index is 0.0566. The lowest BCUT2D eigenvalue weighted by atomic mass is 10.3. The number of phenolic OH excluding ortho intramolecular Hbond substituents is 1. The Balaban J connectivity index is 3.04. The highest BCUT2D eigenvalue weighted by atomic mass is 79.9. The predicted molar refractivity (Wildman–Crippen MR) is 61.7 cm³/mol. The molecule has 15 heavy (non-hydrogen) atoms. The number of rotatable bonds is 3. The summed E-state index contributed by atoms with van der Waals surface area (Å²) >= 11 is 9.53. The van der Waals surface area contributed by atoms with E-state index in [0.29, 0.717) is 13.4 Å². The van der Waals surface area contributed by atoms with Crippen LogP contribution in [0.3, 0.4) is 0 Å². The summed E-state index contributed by atoms with van der Waals surface area (Å²) in [6.45, 7) is -0.617. The van der Waals surface area contributed by atoms with Crippen LogP contribution < -0.4 is 9.84 Å². The zero-order valence-electron chi connectivity index (χ0n) is 7.09. The fraction of sp³-hybridized carbons (Fsp3) is 0.125. The van der Waals surface area contributed by atoms with E-state index in [1.165, 1.54) is 6.07 Å². The summed E-state index contributed by atoms with van der Waals surface area (Å²) in [5, 5.41) is 19.7. The number of aromatic hydroxyl groups is 1. The van der Waals surface area contributed by atoms with Gasteiger partial charge in [-0.15, -0.1) is 0 Å². The van der Waals surface area contributed by atoms with Gasteiger partial charge in [-0.1, -0.05) is 0 Å². The van der Waals surface area contributed by atoms with Gasteiger partial charge in [-0.3, -0.25) is 0 Å². The summed E-state index contributed by atoms with van der Waals surface area (Å²) < 4.78 is 6.44. The Morgan fingerprint density at radius 3 is 2.53 bits per heavy atom. The molecule has 4 nitrogen and oxygen atoms in total. The molecular weight excluding hydrogens is 400 g/mol. The molecule has 7 heteroatoms. The van der Waals surface area contributed by atoms with E-state index in [-0.39, 0.29) is 11.5 Å². The molecule has 0 aromatic heterocycles. The van der Waals surface area contributed by atoms with Crippen molar-refractivity contribution in [3.8, 4) is 11.5 Å². The number of aliphatic carboxylic acids is 1. The number of benzene rings is 1. The second-order valence-electron chi connectivity index (χ2n) is 2.49. The molecule has 0 spiro atoms. The Hall–Kier alpha value is -0.270. The van der Waals surface area contributed by atoms with Gasteiger partial charge in [0.05, 0.1) is 10.4 Å². The maximum Gasteiger partial charge on any atom is 0.173 e. The third kappa shape index (κ3) is 3.09. The van der Waals surface area contributed by atoms with Gasteiger partial charge < -0.3 is 19.7 Å². The van der Waals surface area contributed by atoms with Crippen LogP contribution in [0, 0.1) is 0 Å². The zero-order valence-corrected chi connectivity index (χ0v) is 11.8. The van der Waals surface area contributed by atoms with E-state index in [1.54, 1.807) is 0 Å². The van der Waals surface area contributed by atoms with E-state index < -0.39 is 12.6 Å². The number of carbonyl (C=O) groups excluding carboxylic acids is 1. The number of carbonyl (C=O) groups is 1. The molecular formula is C8H4Br3O4-. The predicted octanol–water partition coefficient (Wildman–Crippen LogP) is 1.81. The van der Waals surface area contributed by atoms with Gasteiger partial charge in [0.15, 0.2) is 11.5 Å². The molecule has 0 aliphatic rings. The molecule has 0 amide bonds. The molecule has 82 valence electrons. The Labute approximate surface area is 111 Å². The average Bonchev–Trinajstić information content (AvgIpc) is 2.18. The molecule has 0 aliphatic heterocycles. The average molecular weight is 404 g/mol. The molecule has 0 unspecified atom stereocenters. The van der Waals surface area contributed by atoms with Gasteiger partial charge in [0, 0.05) is 8.95 Å². The first kappa shape index (κ1) is 12.8. The monoisotopic (exact) mass is 401 g/mol. The van der Waals surface area contributed by atoms with Crippen molar-refractivity contribution in [2.75, 3.05) is 6.61 Å². The molecule has 0 aliphatic carbocycles. The summed E-state index contributed by atoms with van der Waals surface area (Å²) in [4.78, 5) is 10.2. The SMILES string of the molecule is O=C([O-])COc1cc(Br)c(Br)c(Br)c1O. The highest BCUT2D eigenvalue weighted by Crippen LogP contribution is 2.43. The van der Waals surface area contributed by atoms with Gasteiger partial charge in [0.2, 0.25) is 0 Å². The van der Waals surface area contributed by atoms with Gasteiger partial charge in [-0.25, -0.2) is 0 Å². The van der Waals surface area contributed by atoms with Crippen LogP contribution in [0.2, 0.25) is 0 Å². The van der Waals surface area contributed by atoms with E-state index >= 15 is 0 Å². The number of hydrogen-bond donors (Lipinski definition) is 1. The summed E-state index contributed by atoms with van der Waals surface area (Å²) in [5.41, 5.74) is 0. The third-order valence-electron chi connectivity index (χ3n) is 1.45. The first-order valence-electron chi connectivity index (χ1n) is 3.62. The van der Waals surface area contributed by atoms with Crippen LogP contribution in [-0.2, 0) is 4.79 Å². The summed E-state index contributed by atoms with van der Waals surface area (Å²) in [5.74, 6) is -1.47. The molecule has 0 bridgehead atoms. The lowest BCUT2D eigenvalue weighted by Gasteiger charge is -2.11. The van der Waals surface area contributed by atoms with Crippen molar-refractivity contribution >= 4 is 53.8 Å². The molecule has 1 aromatic carbocycles. The molecule has 0 heterocycles. The van der Waals surface area contributed by atoms with E-state index in [0.717, 1.165) is 0 Å². The van der Waals surface area contributed by atoms with E-state index in [4.69, 9.17) is 4.74 Å². The van der Waals surface area contributed by atoms with E-state index in [9.17, 15) is 15.0 Å². The van der Waals surface area contributed by atoms with Gasteiger partial charge in [0.25, 0.3) is 0 Å². The van der Waals surface area contributed by atoms with Crippen molar-refractivity contribution in [1.29, 1.82) is 0 Å². The Kier molecular flexibility index (Phi) is 4.42. The first-order valence-corrected chi connectivity index (χ1v) is 6.00. The maximum absolute atomic E-state index is 10.2. The molecule has 0 radical (unpaired) electrons. The van der Waals surface area contributed by atoms with Crippen LogP contribution in [0.25, 0.3) is 0 Å². The van der Waals surface area contributed by atoms with E-state index in [1.807, 2.05) is 0 Å². The Morgan fingerprint density at radius 2 is 2.00 bits per heavy atom. The minimum atomic E-state index is -1.36. The van der Waals surface area contributed by atoms with Crippen molar-refractivity contribution in [2.45, 2.75) is 0 Å². The topological polar surface area (TPSA) is 69.6 Å². The number of ether oxygens (including phenoxy) is 1. The van der Waals surface area contributed by atoms with Crippen LogP contribution in [0.5, 0.6) is 11.5 Å². The van der Waals surface area contributed by atoms with Crippen LogP contribution in [-0.4, -0.2) is 17.7 Å². The molecule has 1 rings (SSSR count). The van der Waals surface area contributed by atoms with Crippen LogP contribution in [0.15, 0.2) is 19.5 Å². The van der Waals surface area contributed by atoms with Crippen molar-refractivity contribution in [3.05, 3.63) is 19.5 Å². The Bertz CT molecular complexity index is 405. The smallest absolute Gasteiger partial charge is 0.173 e. The highest BCUT2D eigenvalue weighted by Gasteiger charge is 2.13. The van der Waals surface area contributed by atoms with E-state index in [2.05, 4.69) is 47.8 Å². The number of halogens is 3. The largest absolute Gasteiger partial charge is 0.546 e. The molecule has 0 fully saturated rings. The second kappa shape index (κ2) is 5.18. The molecule has 1 N–H and O–H groups in total. The molecule has 0 saturated carbocycles. The van der Waals surface area contributed by atoms with Crippen LogP contribution >= 0.6 is 47.8 Å². The first-order chi connectivity index (χ1) is 6.93. The Morgan fingerprint density at radius 1 is 1.40 bits per heavy atom. The van der Waals surface area contributed by atoms with Crippen molar-refractivity contribution in [1.82, 2.24) is 0 Å². The lowest BCUT2D eigenvalue weighted by molar-refractivity contribution is -0.307. The van der Waals surface area contributed by atoms with Gasteiger partial charge >= 0.3 is 0 Å². The molecule has 0 saturated heterocycles. The zero-order chi connectivity index (χ0) is 11.6. The summed E-state index contributed by atoms with van der Waals surface area (Å²) in [6.07, 6.45) is 0. The highest BCUT2D eigenvalue weighted by molar-refractivity contribution is 9.14. The van der Waals surface area contributed by atoms with Crippen molar-refractivity contribution < 1.29 is 19.7 Å².